The molecule has 0 bridgehead atoms. The first-order valence-electron chi connectivity index (χ1n) is 6.66. The van der Waals surface area contributed by atoms with Crippen LogP contribution in [-0.2, 0) is 11.2 Å². The molecule has 0 aromatic carbocycles. The maximum atomic E-state index is 11.8. The van der Waals surface area contributed by atoms with Crippen LogP contribution in [0.4, 0.5) is 0 Å². The van der Waals surface area contributed by atoms with Crippen molar-refractivity contribution in [3.63, 3.8) is 0 Å². The highest BCUT2D eigenvalue weighted by Gasteiger charge is 2.16. The number of hydrogen-bond donors (Lipinski definition) is 2. The Morgan fingerprint density at radius 3 is 3.00 bits per heavy atom. The molecule has 6 heteroatoms. The molecule has 1 fully saturated rings. The first kappa shape index (κ1) is 14.8. The summed E-state index contributed by atoms with van der Waals surface area (Å²) in [6, 6.07) is 0.336. The van der Waals surface area contributed by atoms with Crippen molar-refractivity contribution < 1.29 is 4.79 Å². The number of carbonyl (C=O) groups excluding carboxylic acids is 1. The summed E-state index contributed by atoms with van der Waals surface area (Å²) in [5, 5.41) is 7.48. The van der Waals surface area contributed by atoms with Gasteiger partial charge in [0, 0.05) is 48.4 Å². The molecule has 1 unspecified atom stereocenters. The van der Waals surface area contributed by atoms with Gasteiger partial charge in [0.2, 0.25) is 5.91 Å². The van der Waals surface area contributed by atoms with Crippen LogP contribution in [0, 0.1) is 13.8 Å². The third-order valence-corrected chi connectivity index (χ3v) is 5.43. The number of nitrogens with one attached hydrogen (secondary N) is 2. The van der Waals surface area contributed by atoms with Gasteiger partial charge in [0.15, 0.2) is 0 Å². The number of hydrogen-bond acceptors (Lipinski definition) is 5. The summed E-state index contributed by atoms with van der Waals surface area (Å²) in [7, 11) is 0. The normalized spacial score (nSPS) is 19.4. The van der Waals surface area contributed by atoms with Crippen molar-refractivity contribution in [3.05, 3.63) is 15.6 Å². The number of aromatic nitrogens is 1. The molecule has 0 saturated carbocycles. The van der Waals surface area contributed by atoms with Gasteiger partial charge in [0.05, 0.1) is 10.7 Å². The minimum atomic E-state index is 0.144. The van der Waals surface area contributed by atoms with E-state index in [4.69, 9.17) is 0 Å². The predicted octanol–water partition coefficient (Wildman–Crippen LogP) is 1.51. The van der Waals surface area contributed by atoms with Crippen molar-refractivity contribution in [1.82, 2.24) is 15.6 Å². The van der Waals surface area contributed by atoms with Gasteiger partial charge >= 0.3 is 0 Å². The zero-order chi connectivity index (χ0) is 13.7. The molecule has 4 nitrogen and oxygen atoms in total. The standard InChI is InChI=1S/C13H21N3OS2/c1-9-10(2)19-13(16-9)3-4-15-12(17)7-11-8-18-6-5-14-11/h11,14H,3-8H2,1-2H3,(H,15,17). The topological polar surface area (TPSA) is 54.0 Å². The van der Waals surface area contributed by atoms with Gasteiger partial charge in [-0.05, 0) is 13.8 Å². The lowest BCUT2D eigenvalue weighted by Crippen LogP contribution is -2.41. The number of carbonyl (C=O) groups is 1. The Morgan fingerprint density at radius 1 is 1.53 bits per heavy atom. The van der Waals surface area contributed by atoms with E-state index >= 15 is 0 Å². The minimum Gasteiger partial charge on any atom is -0.356 e. The molecule has 1 aliphatic rings. The summed E-state index contributed by atoms with van der Waals surface area (Å²) in [5.74, 6) is 2.34. The molecule has 0 aliphatic carbocycles. The van der Waals surface area contributed by atoms with E-state index in [0.29, 0.717) is 19.0 Å². The largest absolute Gasteiger partial charge is 0.356 e. The van der Waals surface area contributed by atoms with Gasteiger partial charge in [-0.1, -0.05) is 0 Å². The Balaban J connectivity index is 1.66. The number of thioether (sulfide) groups is 1. The van der Waals surface area contributed by atoms with Crippen LogP contribution in [-0.4, -0.2) is 41.5 Å². The fraction of sp³-hybridized carbons (Fsp3) is 0.692. The van der Waals surface area contributed by atoms with Gasteiger partial charge in [0.25, 0.3) is 0 Å². The van der Waals surface area contributed by atoms with Gasteiger partial charge < -0.3 is 10.6 Å². The molecule has 0 radical (unpaired) electrons. The number of thiazole rings is 1. The van der Waals surface area contributed by atoms with Crippen molar-refractivity contribution >= 4 is 29.0 Å². The van der Waals surface area contributed by atoms with Crippen LogP contribution in [0.5, 0.6) is 0 Å². The Labute approximate surface area is 122 Å². The Hall–Kier alpha value is -0.590. The fourth-order valence-corrected chi connectivity index (χ4v) is 3.88. The Kier molecular flexibility index (Phi) is 5.66. The quantitative estimate of drug-likeness (QED) is 0.865. The second-order valence-corrected chi connectivity index (χ2v) is 7.22. The highest BCUT2D eigenvalue weighted by molar-refractivity contribution is 7.99. The minimum absolute atomic E-state index is 0.144. The van der Waals surface area contributed by atoms with Crippen molar-refractivity contribution in [1.29, 1.82) is 0 Å². The molecule has 1 atom stereocenters. The van der Waals surface area contributed by atoms with Crippen LogP contribution >= 0.6 is 23.1 Å². The molecule has 1 amide bonds. The average Bonchev–Trinajstić information content (AvgIpc) is 2.70. The smallest absolute Gasteiger partial charge is 0.221 e. The number of nitrogens with zero attached hydrogens (tertiary/aromatic N) is 1. The van der Waals surface area contributed by atoms with Crippen LogP contribution in [0.15, 0.2) is 0 Å². The molecule has 1 aromatic rings. The summed E-state index contributed by atoms with van der Waals surface area (Å²) in [4.78, 5) is 17.5. The molecule has 1 aliphatic heterocycles. The lowest BCUT2D eigenvalue weighted by Gasteiger charge is -2.22. The molecular formula is C13H21N3OS2. The van der Waals surface area contributed by atoms with Crippen LogP contribution in [0.3, 0.4) is 0 Å². The second kappa shape index (κ2) is 7.26. The zero-order valence-electron chi connectivity index (χ0n) is 11.5. The monoisotopic (exact) mass is 299 g/mol. The second-order valence-electron chi connectivity index (χ2n) is 4.78. The molecule has 2 rings (SSSR count). The first-order valence-corrected chi connectivity index (χ1v) is 8.63. The van der Waals surface area contributed by atoms with E-state index in [-0.39, 0.29) is 5.91 Å². The summed E-state index contributed by atoms with van der Waals surface area (Å²) in [5.41, 5.74) is 1.11. The van der Waals surface area contributed by atoms with E-state index in [2.05, 4.69) is 22.5 Å². The summed E-state index contributed by atoms with van der Waals surface area (Å²) >= 11 is 3.64. The van der Waals surface area contributed by atoms with E-state index in [0.717, 1.165) is 35.2 Å². The van der Waals surface area contributed by atoms with E-state index in [1.54, 1.807) is 11.3 Å². The van der Waals surface area contributed by atoms with Gasteiger partial charge in [-0.2, -0.15) is 11.8 Å². The van der Waals surface area contributed by atoms with Crippen molar-refractivity contribution in [3.8, 4) is 0 Å². The summed E-state index contributed by atoms with van der Waals surface area (Å²) in [6.45, 7) is 5.81. The van der Waals surface area contributed by atoms with Crippen LogP contribution in [0.1, 0.15) is 22.0 Å². The highest BCUT2D eigenvalue weighted by atomic mass is 32.2. The Bertz CT molecular complexity index is 408. The molecule has 19 heavy (non-hydrogen) atoms. The molecule has 2 N–H and O–H groups in total. The molecule has 0 spiro atoms. The van der Waals surface area contributed by atoms with Crippen molar-refractivity contribution in [2.45, 2.75) is 32.7 Å². The lowest BCUT2D eigenvalue weighted by molar-refractivity contribution is -0.121. The third kappa shape index (κ3) is 4.78. The third-order valence-electron chi connectivity index (χ3n) is 3.16. The maximum Gasteiger partial charge on any atom is 0.221 e. The Morgan fingerprint density at radius 2 is 2.37 bits per heavy atom. The predicted molar refractivity (Wildman–Crippen MR) is 82.0 cm³/mol. The van der Waals surface area contributed by atoms with Crippen LogP contribution in [0.25, 0.3) is 0 Å². The summed E-state index contributed by atoms with van der Waals surface area (Å²) < 4.78 is 0. The van der Waals surface area contributed by atoms with Crippen molar-refractivity contribution in [2.24, 2.45) is 0 Å². The number of amides is 1. The molecule has 1 saturated heterocycles. The van der Waals surface area contributed by atoms with Crippen LogP contribution in [0.2, 0.25) is 0 Å². The van der Waals surface area contributed by atoms with Gasteiger partial charge in [-0.3, -0.25) is 4.79 Å². The van der Waals surface area contributed by atoms with Gasteiger partial charge in [-0.25, -0.2) is 4.98 Å². The van der Waals surface area contributed by atoms with E-state index in [1.165, 1.54) is 4.88 Å². The molecule has 1 aromatic heterocycles. The molecular weight excluding hydrogens is 278 g/mol. The van der Waals surface area contributed by atoms with E-state index in [1.807, 2.05) is 18.7 Å². The SMILES string of the molecule is Cc1nc(CCNC(=O)CC2CSCCN2)sc1C. The van der Waals surface area contributed by atoms with Gasteiger partial charge in [0.1, 0.15) is 0 Å². The van der Waals surface area contributed by atoms with Crippen molar-refractivity contribution in [2.75, 3.05) is 24.6 Å². The zero-order valence-corrected chi connectivity index (χ0v) is 13.1. The van der Waals surface area contributed by atoms with E-state index in [9.17, 15) is 4.79 Å². The lowest BCUT2D eigenvalue weighted by atomic mass is 10.2. The van der Waals surface area contributed by atoms with E-state index < -0.39 is 0 Å². The highest BCUT2D eigenvalue weighted by Crippen LogP contribution is 2.16. The first-order chi connectivity index (χ1) is 9.15. The van der Waals surface area contributed by atoms with Crippen LogP contribution < -0.4 is 10.6 Å². The average molecular weight is 299 g/mol. The fourth-order valence-electron chi connectivity index (χ4n) is 2.00. The molecule has 2 heterocycles. The number of aryl methyl sites for hydroxylation is 2. The molecule has 106 valence electrons. The maximum absolute atomic E-state index is 11.8. The number of rotatable bonds is 5. The van der Waals surface area contributed by atoms with Gasteiger partial charge in [-0.15, -0.1) is 11.3 Å². The summed E-state index contributed by atoms with van der Waals surface area (Å²) in [6.07, 6.45) is 1.42.